The molecular weight excluding hydrogens is 318 g/mol. The highest BCUT2D eigenvalue weighted by Crippen LogP contribution is 2.21. The Labute approximate surface area is 138 Å². The van der Waals surface area contributed by atoms with E-state index in [-0.39, 0.29) is 5.91 Å². The number of benzene rings is 1. The maximum absolute atomic E-state index is 12.5. The van der Waals surface area contributed by atoms with E-state index in [2.05, 4.69) is 10.3 Å². The van der Waals surface area contributed by atoms with Crippen LogP contribution in [-0.4, -0.2) is 20.9 Å². The number of amides is 1. The van der Waals surface area contributed by atoms with Crippen LogP contribution >= 0.6 is 23.8 Å². The van der Waals surface area contributed by atoms with E-state index >= 15 is 0 Å². The second-order valence-corrected chi connectivity index (χ2v) is 5.55. The van der Waals surface area contributed by atoms with Gasteiger partial charge in [0.2, 0.25) is 0 Å². The summed E-state index contributed by atoms with van der Waals surface area (Å²) in [6, 6.07) is 11.1. The summed E-state index contributed by atoms with van der Waals surface area (Å²) in [5.74, 6) is -0.172. The Morgan fingerprint density at radius 2 is 2.09 bits per heavy atom. The van der Waals surface area contributed by atoms with E-state index < -0.39 is 0 Å². The van der Waals surface area contributed by atoms with Crippen LogP contribution in [0.3, 0.4) is 0 Å². The molecule has 0 radical (unpaired) electrons. The molecular formula is C16H12ClN3OS. The number of thiocarbonyl (C=S) groups is 1. The van der Waals surface area contributed by atoms with Crippen molar-refractivity contribution in [2.24, 2.45) is 0 Å². The lowest BCUT2D eigenvalue weighted by Gasteiger charge is -2.14. The van der Waals surface area contributed by atoms with Gasteiger partial charge in [-0.3, -0.25) is 14.7 Å². The van der Waals surface area contributed by atoms with Crippen molar-refractivity contribution in [1.82, 2.24) is 15.2 Å². The van der Waals surface area contributed by atoms with Crippen LogP contribution in [0.15, 0.2) is 54.5 Å². The van der Waals surface area contributed by atoms with Gasteiger partial charge in [0.05, 0.1) is 6.54 Å². The van der Waals surface area contributed by atoms with Gasteiger partial charge in [0, 0.05) is 17.4 Å². The molecule has 1 aliphatic rings. The molecule has 2 aromatic rings. The van der Waals surface area contributed by atoms with Crippen LogP contribution in [0.4, 0.5) is 0 Å². The van der Waals surface area contributed by atoms with Gasteiger partial charge in [0.1, 0.15) is 5.70 Å². The maximum atomic E-state index is 12.5. The first-order valence-electron chi connectivity index (χ1n) is 6.63. The predicted octanol–water partition coefficient (Wildman–Crippen LogP) is 2.99. The van der Waals surface area contributed by atoms with Crippen LogP contribution in [0.2, 0.25) is 5.02 Å². The highest BCUT2D eigenvalue weighted by atomic mass is 35.5. The zero-order valence-electron chi connectivity index (χ0n) is 11.5. The first kappa shape index (κ1) is 14.7. The molecule has 1 aliphatic heterocycles. The second-order valence-electron chi connectivity index (χ2n) is 4.76. The fourth-order valence-corrected chi connectivity index (χ4v) is 2.59. The molecule has 1 amide bonds. The Hall–Kier alpha value is -2.24. The van der Waals surface area contributed by atoms with Crippen LogP contribution in [0.1, 0.15) is 11.1 Å². The molecule has 1 fully saturated rings. The van der Waals surface area contributed by atoms with Crippen molar-refractivity contribution in [3.05, 3.63) is 70.6 Å². The average Bonchev–Trinajstić information content (AvgIpc) is 2.78. The molecule has 0 spiro atoms. The smallest absolute Gasteiger partial charge is 0.276 e. The first-order valence-corrected chi connectivity index (χ1v) is 7.42. The summed E-state index contributed by atoms with van der Waals surface area (Å²) in [4.78, 5) is 18.0. The summed E-state index contributed by atoms with van der Waals surface area (Å²) < 4.78 is 0. The van der Waals surface area contributed by atoms with Crippen molar-refractivity contribution in [3.8, 4) is 0 Å². The molecule has 4 nitrogen and oxygen atoms in total. The van der Waals surface area contributed by atoms with Crippen LogP contribution in [0.5, 0.6) is 0 Å². The average molecular weight is 330 g/mol. The molecule has 2 heterocycles. The van der Waals surface area contributed by atoms with Crippen LogP contribution in [0.25, 0.3) is 6.08 Å². The molecule has 0 saturated carbocycles. The van der Waals surface area contributed by atoms with Gasteiger partial charge in [0.25, 0.3) is 5.91 Å². The third-order valence-electron chi connectivity index (χ3n) is 3.24. The van der Waals surface area contributed by atoms with Gasteiger partial charge >= 0.3 is 0 Å². The van der Waals surface area contributed by atoms with Crippen molar-refractivity contribution >= 4 is 40.9 Å². The summed E-state index contributed by atoms with van der Waals surface area (Å²) >= 11 is 11.4. The minimum absolute atomic E-state index is 0.172. The zero-order valence-corrected chi connectivity index (χ0v) is 13.1. The van der Waals surface area contributed by atoms with Crippen molar-refractivity contribution in [2.75, 3.05) is 0 Å². The Morgan fingerprint density at radius 1 is 1.27 bits per heavy atom. The van der Waals surface area contributed by atoms with Gasteiger partial charge in [0.15, 0.2) is 5.11 Å². The quantitative estimate of drug-likeness (QED) is 0.694. The summed E-state index contributed by atoms with van der Waals surface area (Å²) in [7, 11) is 0. The van der Waals surface area contributed by atoms with Gasteiger partial charge in [-0.15, -0.1) is 0 Å². The molecule has 1 N–H and O–H groups in total. The summed E-state index contributed by atoms with van der Waals surface area (Å²) in [6.07, 6.45) is 5.09. The van der Waals surface area contributed by atoms with E-state index in [1.54, 1.807) is 24.5 Å². The van der Waals surface area contributed by atoms with E-state index in [1.807, 2.05) is 30.3 Å². The number of nitrogens with zero attached hydrogens (tertiary/aromatic N) is 2. The predicted molar refractivity (Wildman–Crippen MR) is 89.9 cm³/mol. The van der Waals surface area contributed by atoms with E-state index in [1.165, 1.54) is 4.90 Å². The SMILES string of the molecule is O=C1C(=Cc2cccnc2)NC(=S)N1Cc1ccccc1Cl. The van der Waals surface area contributed by atoms with Gasteiger partial charge in [-0.2, -0.15) is 0 Å². The van der Waals surface area contributed by atoms with E-state index in [9.17, 15) is 4.79 Å². The molecule has 0 aliphatic carbocycles. The highest BCUT2D eigenvalue weighted by Gasteiger charge is 2.30. The maximum Gasteiger partial charge on any atom is 0.276 e. The molecule has 0 unspecified atom stereocenters. The zero-order chi connectivity index (χ0) is 15.5. The fraction of sp³-hybridized carbons (Fsp3) is 0.0625. The monoisotopic (exact) mass is 329 g/mol. The third-order valence-corrected chi connectivity index (χ3v) is 3.94. The van der Waals surface area contributed by atoms with Crippen molar-refractivity contribution in [1.29, 1.82) is 0 Å². The molecule has 1 aromatic heterocycles. The number of aromatic nitrogens is 1. The largest absolute Gasteiger partial charge is 0.328 e. The van der Waals surface area contributed by atoms with Crippen LogP contribution in [-0.2, 0) is 11.3 Å². The third kappa shape index (κ3) is 3.00. The molecule has 6 heteroatoms. The van der Waals surface area contributed by atoms with E-state index in [0.717, 1.165) is 11.1 Å². The van der Waals surface area contributed by atoms with Crippen molar-refractivity contribution in [3.63, 3.8) is 0 Å². The minimum atomic E-state index is -0.172. The molecule has 1 saturated heterocycles. The molecule has 1 aromatic carbocycles. The van der Waals surface area contributed by atoms with Gasteiger partial charge < -0.3 is 5.32 Å². The van der Waals surface area contributed by atoms with Gasteiger partial charge in [-0.05, 0) is 41.6 Å². The Bertz CT molecular complexity index is 761. The topological polar surface area (TPSA) is 45.2 Å². The molecule has 3 rings (SSSR count). The van der Waals surface area contributed by atoms with E-state index in [4.69, 9.17) is 23.8 Å². The molecule has 0 bridgehead atoms. The first-order chi connectivity index (χ1) is 10.6. The Balaban J connectivity index is 1.83. The fourth-order valence-electron chi connectivity index (χ4n) is 2.14. The molecule has 0 atom stereocenters. The van der Waals surface area contributed by atoms with Gasteiger partial charge in [-0.25, -0.2) is 0 Å². The van der Waals surface area contributed by atoms with Crippen LogP contribution < -0.4 is 5.32 Å². The second kappa shape index (κ2) is 6.25. The summed E-state index contributed by atoms with van der Waals surface area (Å²) in [5, 5.41) is 3.93. The number of halogens is 1. The molecule has 110 valence electrons. The number of hydrogen-bond donors (Lipinski definition) is 1. The lowest BCUT2D eigenvalue weighted by atomic mass is 10.2. The number of pyridine rings is 1. The molecule has 22 heavy (non-hydrogen) atoms. The lowest BCUT2D eigenvalue weighted by Crippen LogP contribution is -2.30. The number of hydrogen-bond acceptors (Lipinski definition) is 3. The summed E-state index contributed by atoms with van der Waals surface area (Å²) in [5.41, 5.74) is 2.12. The highest BCUT2D eigenvalue weighted by molar-refractivity contribution is 7.80. The van der Waals surface area contributed by atoms with Gasteiger partial charge in [-0.1, -0.05) is 35.9 Å². The summed E-state index contributed by atoms with van der Waals surface area (Å²) in [6.45, 7) is 0.342. The standard InChI is InChI=1S/C16H12ClN3OS/c17-13-6-2-1-5-12(13)10-20-15(21)14(19-16(20)22)8-11-4-3-7-18-9-11/h1-9H,10H2,(H,19,22). The van der Waals surface area contributed by atoms with E-state index in [0.29, 0.717) is 22.4 Å². The van der Waals surface area contributed by atoms with Crippen molar-refractivity contribution < 1.29 is 4.79 Å². The Morgan fingerprint density at radius 3 is 2.82 bits per heavy atom. The minimum Gasteiger partial charge on any atom is -0.328 e. The number of carbonyl (C=O) groups is 1. The Kier molecular flexibility index (Phi) is 4.18. The van der Waals surface area contributed by atoms with Crippen LogP contribution in [0, 0.1) is 0 Å². The van der Waals surface area contributed by atoms with Crippen molar-refractivity contribution in [2.45, 2.75) is 6.54 Å². The normalized spacial score (nSPS) is 16.2. The lowest BCUT2D eigenvalue weighted by molar-refractivity contribution is -0.122. The number of carbonyl (C=O) groups excluding carboxylic acids is 1. The number of nitrogens with one attached hydrogen (secondary N) is 1. The number of rotatable bonds is 3.